The van der Waals surface area contributed by atoms with Gasteiger partial charge in [0, 0.05) is 30.1 Å². The van der Waals surface area contributed by atoms with Crippen molar-refractivity contribution in [3.63, 3.8) is 0 Å². The summed E-state index contributed by atoms with van der Waals surface area (Å²) in [6.07, 6.45) is 0.825. The van der Waals surface area contributed by atoms with Crippen molar-refractivity contribution >= 4 is 33.0 Å². The first kappa shape index (κ1) is 19.5. The summed E-state index contributed by atoms with van der Waals surface area (Å²) in [5.41, 5.74) is 3.62. The van der Waals surface area contributed by atoms with Crippen LogP contribution in [0.4, 0.5) is 5.00 Å². The molecule has 0 atom stereocenters. The second-order valence-corrected chi connectivity index (χ2v) is 8.85. The number of carbonyl (C=O) groups is 1. The minimum absolute atomic E-state index is 0.173. The summed E-state index contributed by atoms with van der Waals surface area (Å²) in [6.45, 7) is 2.59. The highest BCUT2D eigenvalue weighted by molar-refractivity contribution is 7.16. The van der Waals surface area contributed by atoms with Gasteiger partial charge in [-0.15, -0.1) is 11.3 Å². The van der Waals surface area contributed by atoms with E-state index in [1.807, 2.05) is 48.5 Å². The maximum atomic E-state index is 13.1. The van der Waals surface area contributed by atoms with Gasteiger partial charge in [-0.1, -0.05) is 66.7 Å². The zero-order valence-corrected chi connectivity index (χ0v) is 17.8. The number of hydrogen-bond donors (Lipinski definition) is 1. The Morgan fingerprint density at radius 1 is 1.03 bits per heavy atom. The highest BCUT2D eigenvalue weighted by Gasteiger charge is 2.25. The molecule has 4 aromatic rings. The maximum Gasteiger partial charge on any atom is 0.256 e. The summed E-state index contributed by atoms with van der Waals surface area (Å²) in [4.78, 5) is 16.7. The van der Waals surface area contributed by atoms with E-state index in [1.165, 1.54) is 21.8 Å². The minimum Gasteiger partial charge on any atom is -0.312 e. The molecule has 0 bridgehead atoms. The number of nitrogens with zero attached hydrogens (tertiary/aromatic N) is 2. The topological polar surface area (TPSA) is 56.1 Å². The zero-order chi connectivity index (χ0) is 21.2. The van der Waals surface area contributed by atoms with Gasteiger partial charge in [0.1, 0.15) is 11.1 Å². The van der Waals surface area contributed by atoms with Crippen molar-refractivity contribution in [2.45, 2.75) is 19.5 Å². The average molecular weight is 424 g/mol. The molecule has 0 saturated heterocycles. The number of nitriles is 1. The molecule has 4 nitrogen and oxygen atoms in total. The molecule has 0 unspecified atom stereocenters. The fraction of sp³-hybridized carbons (Fsp3) is 0.154. The van der Waals surface area contributed by atoms with Gasteiger partial charge >= 0.3 is 0 Å². The second kappa shape index (κ2) is 8.35. The van der Waals surface area contributed by atoms with E-state index in [2.05, 4.69) is 40.6 Å². The van der Waals surface area contributed by atoms with Crippen LogP contribution in [0, 0.1) is 11.3 Å². The molecule has 152 valence electrons. The molecule has 5 rings (SSSR count). The maximum absolute atomic E-state index is 13.1. The van der Waals surface area contributed by atoms with Crippen LogP contribution in [0.3, 0.4) is 0 Å². The van der Waals surface area contributed by atoms with Gasteiger partial charge in [-0.05, 0) is 34.4 Å². The Balaban J connectivity index is 1.40. The molecule has 1 aliphatic heterocycles. The van der Waals surface area contributed by atoms with Crippen LogP contribution in [0.5, 0.6) is 0 Å². The van der Waals surface area contributed by atoms with Crippen LogP contribution >= 0.6 is 11.3 Å². The van der Waals surface area contributed by atoms with Gasteiger partial charge < -0.3 is 5.32 Å². The van der Waals surface area contributed by atoms with Crippen LogP contribution in [-0.4, -0.2) is 17.4 Å². The smallest absolute Gasteiger partial charge is 0.256 e. The van der Waals surface area contributed by atoms with Crippen molar-refractivity contribution in [2.24, 2.45) is 0 Å². The minimum atomic E-state index is -0.173. The molecule has 31 heavy (non-hydrogen) atoms. The second-order valence-electron chi connectivity index (χ2n) is 7.75. The summed E-state index contributed by atoms with van der Waals surface area (Å²) in [6, 6.07) is 26.3. The molecule has 0 spiro atoms. The van der Waals surface area contributed by atoms with Crippen LogP contribution in [0.25, 0.3) is 10.8 Å². The number of fused-ring (bicyclic) bond motifs is 2. The highest BCUT2D eigenvalue weighted by Crippen LogP contribution is 2.37. The molecule has 1 aliphatic rings. The van der Waals surface area contributed by atoms with Crippen LogP contribution in [0.1, 0.15) is 31.9 Å². The Hall–Kier alpha value is -3.46. The predicted molar refractivity (Wildman–Crippen MR) is 125 cm³/mol. The lowest BCUT2D eigenvalue weighted by Crippen LogP contribution is -2.29. The van der Waals surface area contributed by atoms with Crippen LogP contribution in [0.15, 0.2) is 72.8 Å². The van der Waals surface area contributed by atoms with Crippen molar-refractivity contribution in [3.8, 4) is 6.07 Å². The summed E-state index contributed by atoms with van der Waals surface area (Å²) in [5, 5.41) is 15.4. The first-order valence-corrected chi connectivity index (χ1v) is 11.1. The standard InChI is InChI=1S/C26H21N3OS/c27-15-23-21-13-14-29(16-18-7-2-1-3-8-18)17-24(21)31-26(23)28-25(30)22-12-6-10-19-9-4-5-11-20(19)22/h1-12H,13-14,16-17H2,(H,28,30). The number of hydrogen-bond acceptors (Lipinski definition) is 4. The number of thiophene rings is 1. The van der Waals surface area contributed by atoms with Crippen molar-refractivity contribution in [2.75, 3.05) is 11.9 Å². The summed E-state index contributed by atoms with van der Waals surface area (Å²) >= 11 is 1.53. The third kappa shape index (κ3) is 3.84. The molecule has 1 amide bonds. The van der Waals surface area contributed by atoms with E-state index in [0.29, 0.717) is 16.1 Å². The first-order valence-electron chi connectivity index (χ1n) is 10.3. The van der Waals surface area contributed by atoms with E-state index in [4.69, 9.17) is 0 Å². The first-order chi connectivity index (χ1) is 15.2. The normalized spacial score (nSPS) is 13.5. The molecule has 2 heterocycles. The molecule has 0 aliphatic carbocycles. The number of carbonyl (C=O) groups excluding carboxylic acids is 1. The van der Waals surface area contributed by atoms with Gasteiger partial charge in [0.05, 0.1) is 5.56 Å². The third-order valence-electron chi connectivity index (χ3n) is 5.76. The number of amides is 1. The van der Waals surface area contributed by atoms with Gasteiger partial charge in [-0.2, -0.15) is 5.26 Å². The number of anilines is 1. The Kier molecular flexibility index (Phi) is 5.25. The van der Waals surface area contributed by atoms with Crippen molar-refractivity contribution < 1.29 is 4.79 Å². The van der Waals surface area contributed by atoms with Crippen molar-refractivity contribution in [1.29, 1.82) is 5.26 Å². The summed E-state index contributed by atoms with van der Waals surface area (Å²) < 4.78 is 0. The van der Waals surface area contributed by atoms with Gasteiger partial charge in [0.2, 0.25) is 0 Å². The Labute approximate surface area is 185 Å². The van der Waals surface area contributed by atoms with E-state index >= 15 is 0 Å². The monoisotopic (exact) mass is 423 g/mol. The lowest BCUT2D eigenvalue weighted by atomic mass is 10.0. The van der Waals surface area contributed by atoms with Crippen molar-refractivity contribution in [1.82, 2.24) is 4.90 Å². The van der Waals surface area contributed by atoms with E-state index in [0.717, 1.165) is 42.4 Å². The lowest BCUT2D eigenvalue weighted by molar-refractivity contribution is 0.102. The molecule has 1 N–H and O–H groups in total. The Morgan fingerprint density at radius 2 is 1.81 bits per heavy atom. The summed E-state index contributed by atoms with van der Waals surface area (Å²) in [7, 11) is 0. The van der Waals surface area contributed by atoms with Crippen LogP contribution in [-0.2, 0) is 19.5 Å². The van der Waals surface area contributed by atoms with Gasteiger partial charge in [0.15, 0.2) is 0 Å². The van der Waals surface area contributed by atoms with E-state index < -0.39 is 0 Å². The summed E-state index contributed by atoms with van der Waals surface area (Å²) in [5.74, 6) is -0.173. The Bertz CT molecular complexity index is 1300. The van der Waals surface area contributed by atoms with E-state index in [1.54, 1.807) is 0 Å². The fourth-order valence-electron chi connectivity index (χ4n) is 4.23. The largest absolute Gasteiger partial charge is 0.312 e. The quantitative estimate of drug-likeness (QED) is 0.466. The predicted octanol–water partition coefficient (Wildman–Crippen LogP) is 5.58. The lowest BCUT2D eigenvalue weighted by Gasteiger charge is -2.26. The number of nitrogens with one attached hydrogen (secondary N) is 1. The van der Waals surface area contributed by atoms with Crippen LogP contribution in [0.2, 0.25) is 0 Å². The third-order valence-corrected chi connectivity index (χ3v) is 6.89. The molecule has 5 heteroatoms. The molecular formula is C26H21N3OS. The fourth-order valence-corrected chi connectivity index (χ4v) is 5.47. The molecule has 0 fully saturated rings. The molecule has 3 aromatic carbocycles. The number of rotatable bonds is 4. The molecular weight excluding hydrogens is 402 g/mol. The van der Waals surface area contributed by atoms with Crippen molar-refractivity contribution in [3.05, 3.63) is 99.9 Å². The van der Waals surface area contributed by atoms with Crippen LogP contribution < -0.4 is 5.32 Å². The molecule has 1 aromatic heterocycles. The SMILES string of the molecule is N#Cc1c(NC(=O)c2cccc3ccccc23)sc2c1CCN(Cc1ccccc1)C2. The van der Waals surface area contributed by atoms with Gasteiger partial charge in [0.25, 0.3) is 5.91 Å². The Morgan fingerprint density at radius 3 is 2.65 bits per heavy atom. The number of benzene rings is 3. The highest BCUT2D eigenvalue weighted by atomic mass is 32.1. The molecule has 0 radical (unpaired) electrons. The molecule has 0 saturated carbocycles. The van der Waals surface area contributed by atoms with Gasteiger partial charge in [-0.3, -0.25) is 9.69 Å². The van der Waals surface area contributed by atoms with E-state index in [-0.39, 0.29) is 5.91 Å². The van der Waals surface area contributed by atoms with E-state index in [9.17, 15) is 10.1 Å². The average Bonchev–Trinajstić information content (AvgIpc) is 3.15. The zero-order valence-electron chi connectivity index (χ0n) is 17.0. The van der Waals surface area contributed by atoms with Gasteiger partial charge in [-0.25, -0.2) is 0 Å².